The summed E-state index contributed by atoms with van der Waals surface area (Å²) in [6, 6.07) is 28.1. The summed E-state index contributed by atoms with van der Waals surface area (Å²) in [7, 11) is 3.08. The Kier molecular flexibility index (Phi) is 7.63. The number of hydrogen-bond donors (Lipinski definition) is 1. The minimum Gasteiger partial charge on any atom is -0.497 e. The largest absolute Gasteiger partial charge is 0.497 e. The number of nitro benzene ring substituents is 1. The molecule has 1 aliphatic rings. The van der Waals surface area contributed by atoms with Gasteiger partial charge in [-0.15, -0.1) is 0 Å². The van der Waals surface area contributed by atoms with Crippen molar-refractivity contribution in [3.05, 3.63) is 125 Å². The van der Waals surface area contributed by atoms with Gasteiger partial charge in [0, 0.05) is 18.0 Å². The number of non-ortho nitro benzene ring substituents is 1. The van der Waals surface area contributed by atoms with Crippen LogP contribution < -0.4 is 24.4 Å². The highest BCUT2D eigenvalue weighted by Gasteiger charge is 2.42. The molecule has 0 radical (unpaired) electrons. The maximum Gasteiger partial charge on any atom is 0.273 e. The summed E-state index contributed by atoms with van der Waals surface area (Å²) in [5, 5.41) is 15.2. The molecule has 2 atom stereocenters. The summed E-state index contributed by atoms with van der Waals surface area (Å²) >= 11 is 5.84. The number of aromatic nitrogens is 1. The molecule has 0 spiro atoms. The topological polar surface area (TPSA) is 112 Å². The van der Waals surface area contributed by atoms with Crippen LogP contribution in [-0.2, 0) is 0 Å². The molecule has 3 heterocycles. The summed E-state index contributed by atoms with van der Waals surface area (Å²) in [5.74, 6) is 3.56. The molecule has 0 amide bonds. The monoisotopic (exact) mass is 594 g/mol. The predicted molar refractivity (Wildman–Crippen MR) is 165 cm³/mol. The number of hydrogen-bond acceptors (Lipinski definition) is 8. The van der Waals surface area contributed by atoms with Gasteiger partial charge in [0.2, 0.25) is 0 Å². The van der Waals surface area contributed by atoms with E-state index in [1.54, 1.807) is 19.4 Å². The number of methoxy groups -OCH3 is 2. The lowest BCUT2D eigenvalue weighted by Crippen LogP contribution is -2.29. The summed E-state index contributed by atoms with van der Waals surface area (Å²) in [6.45, 7) is 0. The maximum absolute atomic E-state index is 11.3. The molecule has 1 fully saturated rings. The third-order valence-corrected chi connectivity index (χ3v) is 7.40. The van der Waals surface area contributed by atoms with E-state index in [0.29, 0.717) is 39.4 Å². The number of rotatable bonds is 9. The molecule has 0 bridgehead atoms. The van der Waals surface area contributed by atoms with Crippen LogP contribution in [0.3, 0.4) is 0 Å². The van der Waals surface area contributed by atoms with Crippen LogP contribution in [0.5, 0.6) is 23.0 Å². The third kappa shape index (κ3) is 5.57. The van der Waals surface area contributed by atoms with Crippen molar-refractivity contribution in [2.75, 3.05) is 19.1 Å². The predicted octanol–water partition coefficient (Wildman–Crippen LogP) is 7.24. The number of pyridine rings is 1. The molecular weight excluding hydrogens is 568 g/mol. The first-order valence-corrected chi connectivity index (χ1v) is 13.7. The molecule has 11 heteroatoms. The summed E-state index contributed by atoms with van der Waals surface area (Å²) in [5.41, 5.74) is 2.14. The quantitative estimate of drug-likeness (QED) is 0.106. The highest BCUT2D eigenvalue weighted by molar-refractivity contribution is 7.80. The molecule has 5 aromatic rings. The number of nitrogens with zero attached hydrogens (tertiary/aromatic N) is 3. The van der Waals surface area contributed by atoms with E-state index in [2.05, 4.69) is 10.3 Å². The number of nitro groups is 1. The number of thiocarbonyl (C=S) groups is 1. The first-order chi connectivity index (χ1) is 20.9. The molecular formula is C32H26N4O6S. The fourth-order valence-corrected chi connectivity index (χ4v) is 5.38. The van der Waals surface area contributed by atoms with Crippen LogP contribution in [0.15, 0.2) is 108 Å². The summed E-state index contributed by atoms with van der Waals surface area (Å²) < 4.78 is 23.1. The standard InChI is InChI=1S/C32H26N4O6S/c1-39-22-11-13-24(14-12-22)41-23-9-6-20(7-10-23)35-31(30(34-32(35)43)26-5-3-4-18-33-26)28-17-16-27(42-28)25-15-8-21(36(37)38)19-29(25)40-2/h3-19,30-31H,1-2H3,(H,34,43)/t30-,31+/m0/s1. The average molecular weight is 595 g/mol. The second-order valence-electron chi connectivity index (χ2n) is 9.61. The van der Waals surface area contributed by atoms with Crippen molar-refractivity contribution in [1.82, 2.24) is 10.3 Å². The van der Waals surface area contributed by atoms with Crippen molar-refractivity contribution in [2.24, 2.45) is 0 Å². The Morgan fingerprint density at radius 2 is 1.63 bits per heavy atom. The average Bonchev–Trinajstić information content (AvgIpc) is 3.66. The minimum absolute atomic E-state index is 0.0708. The molecule has 6 rings (SSSR count). The molecule has 1 N–H and O–H groups in total. The van der Waals surface area contributed by atoms with Gasteiger partial charge in [-0.1, -0.05) is 6.07 Å². The molecule has 3 aromatic carbocycles. The lowest BCUT2D eigenvalue weighted by atomic mass is 10.0. The second kappa shape index (κ2) is 11.8. The van der Waals surface area contributed by atoms with Crippen LogP contribution in [0.25, 0.3) is 11.3 Å². The number of nitrogens with one attached hydrogen (secondary N) is 1. The van der Waals surface area contributed by atoms with Gasteiger partial charge < -0.3 is 28.8 Å². The first kappa shape index (κ1) is 27.7. The molecule has 2 aromatic heterocycles. The number of anilines is 1. The molecule has 0 saturated carbocycles. The Balaban J connectivity index is 1.34. The van der Waals surface area contributed by atoms with E-state index < -0.39 is 11.0 Å². The molecule has 10 nitrogen and oxygen atoms in total. The van der Waals surface area contributed by atoms with Gasteiger partial charge in [0.15, 0.2) is 5.11 Å². The Labute approximate surface area is 252 Å². The molecule has 0 aliphatic carbocycles. The van der Waals surface area contributed by atoms with E-state index in [1.807, 2.05) is 83.8 Å². The zero-order valence-corrected chi connectivity index (χ0v) is 24.0. The van der Waals surface area contributed by atoms with Crippen molar-refractivity contribution in [1.29, 1.82) is 0 Å². The SMILES string of the molecule is COc1ccc(Oc2ccc(N3C(=S)N[C@@H](c4ccccn4)[C@H]3c3ccc(-c4ccc([N+](=O)[O-])cc4OC)o3)cc2)cc1. The lowest BCUT2D eigenvalue weighted by Gasteiger charge is -2.26. The fraction of sp³-hybridized carbons (Fsp3) is 0.125. The highest BCUT2D eigenvalue weighted by atomic mass is 32.1. The molecule has 216 valence electrons. The fourth-order valence-electron chi connectivity index (χ4n) is 5.03. The zero-order chi connectivity index (χ0) is 29.9. The summed E-state index contributed by atoms with van der Waals surface area (Å²) in [6.07, 6.45) is 1.74. The van der Waals surface area contributed by atoms with E-state index in [-0.39, 0.29) is 11.7 Å². The van der Waals surface area contributed by atoms with Crippen molar-refractivity contribution >= 4 is 28.7 Å². The molecule has 0 unspecified atom stereocenters. The number of furan rings is 1. The van der Waals surface area contributed by atoms with Gasteiger partial charge >= 0.3 is 0 Å². The summed E-state index contributed by atoms with van der Waals surface area (Å²) in [4.78, 5) is 17.4. The number of benzene rings is 3. The Morgan fingerprint density at radius 3 is 2.28 bits per heavy atom. The van der Waals surface area contributed by atoms with Gasteiger partial charge in [0.1, 0.15) is 40.6 Å². The van der Waals surface area contributed by atoms with E-state index in [9.17, 15) is 10.1 Å². The Hall–Kier alpha value is -5.42. The van der Waals surface area contributed by atoms with Crippen LogP contribution in [0.4, 0.5) is 11.4 Å². The van der Waals surface area contributed by atoms with Crippen LogP contribution in [0, 0.1) is 10.1 Å². The maximum atomic E-state index is 11.3. The lowest BCUT2D eigenvalue weighted by molar-refractivity contribution is -0.384. The van der Waals surface area contributed by atoms with E-state index in [0.717, 1.165) is 17.1 Å². The second-order valence-corrected chi connectivity index (χ2v) is 10.00. The smallest absolute Gasteiger partial charge is 0.273 e. The van der Waals surface area contributed by atoms with Crippen LogP contribution >= 0.6 is 12.2 Å². The van der Waals surface area contributed by atoms with Crippen molar-refractivity contribution in [3.8, 4) is 34.3 Å². The van der Waals surface area contributed by atoms with Gasteiger partial charge in [-0.3, -0.25) is 15.1 Å². The van der Waals surface area contributed by atoms with E-state index in [1.165, 1.54) is 19.2 Å². The molecule has 1 aliphatic heterocycles. The first-order valence-electron chi connectivity index (χ1n) is 13.3. The van der Waals surface area contributed by atoms with E-state index >= 15 is 0 Å². The van der Waals surface area contributed by atoms with Crippen LogP contribution in [0.1, 0.15) is 23.5 Å². The zero-order valence-electron chi connectivity index (χ0n) is 23.2. The minimum atomic E-state index is -0.465. The van der Waals surface area contributed by atoms with Crippen molar-refractivity contribution in [3.63, 3.8) is 0 Å². The van der Waals surface area contributed by atoms with Crippen molar-refractivity contribution < 1.29 is 23.6 Å². The Morgan fingerprint density at radius 1 is 0.907 bits per heavy atom. The molecule has 43 heavy (non-hydrogen) atoms. The van der Waals surface area contributed by atoms with Gasteiger partial charge in [-0.2, -0.15) is 0 Å². The van der Waals surface area contributed by atoms with E-state index in [4.69, 9.17) is 30.8 Å². The van der Waals surface area contributed by atoms with Crippen molar-refractivity contribution in [2.45, 2.75) is 12.1 Å². The normalized spacial score (nSPS) is 16.0. The highest BCUT2D eigenvalue weighted by Crippen LogP contribution is 2.44. The van der Waals surface area contributed by atoms with Gasteiger partial charge in [-0.25, -0.2) is 0 Å². The van der Waals surface area contributed by atoms with Crippen LogP contribution in [0.2, 0.25) is 0 Å². The van der Waals surface area contributed by atoms with Gasteiger partial charge in [0.25, 0.3) is 5.69 Å². The van der Waals surface area contributed by atoms with Crippen LogP contribution in [-0.4, -0.2) is 29.2 Å². The van der Waals surface area contributed by atoms with Gasteiger partial charge in [0.05, 0.1) is 42.5 Å². The number of ether oxygens (including phenoxy) is 3. The molecule has 1 saturated heterocycles. The van der Waals surface area contributed by atoms with Gasteiger partial charge in [-0.05, 0) is 91.1 Å². The Bertz CT molecular complexity index is 1760. The third-order valence-electron chi connectivity index (χ3n) is 7.09.